The number of hydrogen-bond donors (Lipinski definition) is 2. The molecule has 0 atom stereocenters. The summed E-state index contributed by atoms with van der Waals surface area (Å²) < 4.78 is 10.5. The van der Waals surface area contributed by atoms with Crippen molar-refractivity contribution in [1.82, 2.24) is 15.2 Å². The second kappa shape index (κ2) is 8.49. The fourth-order valence-electron chi connectivity index (χ4n) is 2.42. The Labute approximate surface area is 156 Å². The Morgan fingerprint density at radius 1 is 1.07 bits per heavy atom. The molecule has 0 spiro atoms. The van der Waals surface area contributed by atoms with Crippen molar-refractivity contribution in [1.29, 1.82) is 5.26 Å². The van der Waals surface area contributed by atoms with Gasteiger partial charge in [0.25, 0.3) is 0 Å². The first-order chi connectivity index (χ1) is 13.2. The molecule has 8 nitrogen and oxygen atoms in total. The Morgan fingerprint density at radius 3 is 2.70 bits per heavy atom. The van der Waals surface area contributed by atoms with E-state index >= 15 is 0 Å². The van der Waals surface area contributed by atoms with E-state index in [-0.39, 0.29) is 0 Å². The molecular weight excluding hydrogens is 344 g/mol. The number of hydrogen-bond acceptors (Lipinski definition) is 8. The van der Waals surface area contributed by atoms with Crippen LogP contribution < -0.4 is 20.1 Å². The van der Waals surface area contributed by atoms with Crippen LogP contribution in [0.25, 0.3) is 0 Å². The lowest BCUT2D eigenvalue weighted by Gasteiger charge is -2.11. The topological polar surface area (TPSA) is 105 Å². The SMILES string of the molecule is COc1ccc(CNc2nncc(Nc3cccc(C#N)c3)n2)cc1OC. The minimum absolute atomic E-state index is 0.381. The molecule has 3 rings (SSSR count). The van der Waals surface area contributed by atoms with Crippen LogP contribution >= 0.6 is 0 Å². The molecule has 0 unspecified atom stereocenters. The van der Waals surface area contributed by atoms with E-state index in [0.29, 0.717) is 35.4 Å². The Kier molecular flexibility index (Phi) is 5.64. The van der Waals surface area contributed by atoms with E-state index in [0.717, 1.165) is 11.3 Å². The number of anilines is 3. The van der Waals surface area contributed by atoms with Crippen LogP contribution in [0, 0.1) is 11.3 Å². The maximum atomic E-state index is 8.98. The normalized spacial score (nSPS) is 9.96. The number of aromatic nitrogens is 3. The number of methoxy groups -OCH3 is 2. The van der Waals surface area contributed by atoms with Gasteiger partial charge in [-0.25, -0.2) is 0 Å². The second-order valence-corrected chi connectivity index (χ2v) is 5.53. The Bertz CT molecular complexity index is 970. The number of nitrogens with zero attached hydrogens (tertiary/aromatic N) is 4. The predicted molar refractivity (Wildman–Crippen MR) is 101 cm³/mol. The highest BCUT2D eigenvalue weighted by molar-refractivity contribution is 5.58. The predicted octanol–water partition coefficient (Wildman–Crippen LogP) is 3.12. The first-order valence-electron chi connectivity index (χ1n) is 8.13. The molecule has 8 heteroatoms. The van der Waals surface area contributed by atoms with Crippen molar-refractivity contribution < 1.29 is 9.47 Å². The van der Waals surface area contributed by atoms with Crippen LogP contribution in [-0.4, -0.2) is 29.4 Å². The van der Waals surface area contributed by atoms with E-state index in [1.54, 1.807) is 32.4 Å². The molecule has 0 bridgehead atoms. The Morgan fingerprint density at radius 2 is 1.93 bits per heavy atom. The van der Waals surface area contributed by atoms with Crippen molar-refractivity contribution in [2.24, 2.45) is 0 Å². The van der Waals surface area contributed by atoms with Crippen molar-refractivity contribution in [3.63, 3.8) is 0 Å². The minimum atomic E-state index is 0.381. The molecule has 0 aliphatic rings. The second-order valence-electron chi connectivity index (χ2n) is 5.53. The van der Waals surface area contributed by atoms with Crippen LogP contribution in [0.15, 0.2) is 48.7 Å². The number of rotatable bonds is 7. The molecule has 0 saturated carbocycles. The van der Waals surface area contributed by atoms with Gasteiger partial charge in [0.1, 0.15) is 0 Å². The third-order valence-corrected chi connectivity index (χ3v) is 3.72. The molecule has 0 aliphatic carbocycles. The van der Waals surface area contributed by atoms with Gasteiger partial charge in [0.2, 0.25) is 5.95 Å². The average molecular weight is 362 g/mol. The summed E-state index contributed by atoms with van der Waals surface area (Å²) in [5, 5.41) is 23.1. The lowest BCUT2D eigenvalue weighted by atomic mass is 10.2. The van der Waals surface area contributed by atoms with Gasteiger partial charge in [-0.05, 0) is 35.9 Å². The molecule has 0 amide bonds. The highest BCUT2D eigenvalue weighted by Gasteiger charge is 2.06. The van der Waals surface area contributed by atoms with Crippen LogP contribution in [0.5, 0.6) is 11.5 Å². The highest BCUT2D eigenvalue weighted by Crippen LogP contribution is 2.27. The summed E-state index contributed by atoms with van der Waals surface area (Å²) in [7, 11) is 3.19. The molecule has 0 saturated heterocycles. The lowest BCUT2D eigenvalue weighted by Crippen LogP contribution is -2.06. The summed E-state index contributed by atoms with van der Waals surface area (Å²) in [6.45, 7) is 0.495. The van der Waals surface area contributed by atoms with Crippen LogP contribution in [0.3, 0.4) is 0 Å². The van der Waals surface area contributed by atoms with Gasteiger partial charge < -0.3 is 20.1 Å². The lowest BCUT2D eigenvalue weighted by molar-refractivity contribution is 0.354. The molecule has 0 radical (unpaired) electrons. The maximum Gasteiger partial charge on any atom is 0.244 e. The van der Waals surface area contributed by atoms with E-state index in [1.165, 1.54) is 6.20 Å². The zero-order valence-corrected chi connectivity index (χ0v) is 14.9. The third-order valence-electron chi connectivity index (χ3n) is 3.72. The van der Waals surface area contributed by atoms with Crippen LogP contribution in [0.2, 0.25) is 0 Å². The van der Waals surface area contributed by atoms with Gasteiger partial charge >= 0.3 is 0 Å². The molecule has 0 aliphatic heterocycles. The van der Waals surface area contributed by atoms with Crippen molar-refractivity contribution in [3.8, 4) is 17.6 Å². The number of nitriles is 1. The minimum Gasteiger partial charge on any atom is -0.493 e. The molecule has 0 fully saturated rings. The molecule has 1 heterocycles. The van der Waals surface area contributed by atoms with Gasteiger partial charge in [0, 0.05) is 12.2 Å². The standard InChI is InChI=1S/C19H18N6O2/c1-26-16-7-6-14(9-17(16)27-2)11-21-19-24-18(12-22-25-19)23-15-5-3-4-13(8-15)10-20/h3-9,12H,11H2,1-2H3,(H2,21,23,24,25). The third kappa shape index (κ3) is 4.61. The summed E-state index contributed by atoms with van der Waals surface area (Å²) >= 11 is 0. The fourth-order valence-corrected chi connectivity index (χ4v) is 2.42. The monoisotopic (exact) mass is 362 g/mol. The summed E-state index contributed by atoms with van der Waals surface area (Å²) in [5.41, 5.74) is 2.30. The zero-order chi connectivity index (χ0) is 19.1. The van der Waals surface area contributed by atoms with E-state index in [1.807, 2.05) is 24.3 Å². The van der Waals surface area contributed by atoms with Gasteiger partial charge in [-0.1, -0.05) is 12.1 Å². The number of benzene rings is 2. The van der Waals surface area contributed by atoms with Gasteiger partial charge in [-0.15, -0.1) is 5.10 Å². The summed E-state index contributed by atoms with van der Waals surface area (Å²) in [6, 6.07) is 14.9. The van der Waals surface area contributed by atoms with E-state index in [2.05, 4.69) is 31.9 Å². The molecular formula is C19H18N6O2. The first-order valence-corrected chi connectivity index (χ1v) is 8.13. The summed E-state index contributed by atoms with van der Waals surface area (Å²) in [6.07, 6.45) is 1.51. The van der Waals surface area contributed by atoms with E-state index in [9.17, 15) is 0 Å². The number of nitrogens with one attached hydrogen (secondary N) is 2. The van der Waals surface area contributed by atoms with Gasteiger partial charge in [0.15, 0.2) is 17.3 Å². The van der Waals surface area contributed by atoms with Gasteiger partial charge in [-0.2, -0.15) is 15.3 Å². The molecule has 1 aromatic heterocycles. The largest absolute Gasteiger partial charge is 0.493 e. The highest BCUT2D eigenvalue weighted by atomic mass is 16.5. The van der Waals surface area contributed by atoms with Crippen LogP contribution in [0.4, 0.5) is 17.5 Å². The molecule has 27 heavy (non-hydrogen) atoms. The molecule has 2 aromatic carbocycles. The van der Waals surface area contributed by atoms with E-state index < -0.39 is 0 Å². The molecule has 136 valence electrons. The van der Waals surface area contributed by atoms with Crippen molar-refractivity contribution in [2.45, 2.75) is 6.54 Å². The Hall–Kier alpha value is -3.86. The first kappa shape index (κ1) is 17.9. The van der Waals surface area contributed by atoms with Crippen molar-refractivity contribution >= 4 is 17.5 Å². The quantitative estimate of drug-likeness (QED) is 0.660. The van der Waals surface area contributed by atoms with Gasteiger partial charge in [0.05, 0.1) is 32.0 Å². The van der Waals surface area contributed by atoms with Gasteiger partial charge in [-0.3, -0.25) is 0 Å². The maximum absolute atomic E-state index is 8.98. The fraction of sp³-hybridized carbons (Fsp3) is 0.158. The Balaban J connectivity index is 1.68. The zero-order valence-electron chi connectivity index (χ0n) is 14.9. The van der Waals surface area contributed by atoms with Crippen molar-refractivity contribution in [3.05, 3.63) is 59.8 Å². The molecule has 3 aromatic rings. The van der Waals surface area contributed by atoms with Crippen LogP contribution in [0.1, 0.15) is 11.1 Å². The van der Waals surface area contributed by atoms with Crippen molar-refractivity contribution in [2.75, 3.05) is 24.9 Å². The molecule has 2 N–H and O–H groups in total. The van der Waals surface area contributed by atoms with E-state index in [4.69, 9.17) is 14.7 Å². The summed E-state index contributed by atoms with van der Waals surface area (Å²) in [5.74, 6) is 2.23. The average Bonchev–Trinajstić information content (AvgIpc) is 2.72. The number of ether oxygens (including phenoxy) is 2. The smallest absolute Gasteiger partial charge is 0.244 e. The summed E-state index contributed by atoms with van der Waals surface area (Å²) in [4.78, 5) is 4.38. The van der Waals surface area contributed by atoms with Crippen LogP contribution in [-0.2, 0) is 6.54 Å².